The van der Waals surface area contributed by atoms with E-state index in [1.54, 1.807) is 18.2 Å². The molecular formula is C10H11ClO3. The van der Waals surface area contributed by atoms with Gasteiger partial charge in [-0.1, -0.05) is 17.7 Å². The highest BCUT2D eigenvalue weighted by Crippen LogP contribution is 2.32. The predicted octanol–water partition coefficient (Wildman–Crippen LogP) is 1.97. The number of methoxy groups -OCH3 is 1. The van der Waals surface area contributed by atoms with Crippen molar-refractivity contribution < 1.29 is 14.6 Å². The molecule has 14 heavy (non-hydrogen) atoms. The van der Waals surface area contributed by atoms with Crippen molar-refractivity contribution in [3.63, 3.8) is 0 Å². The maximum absolute atomic E-state index is 10.3. The van der Waals surface area contributed by atoms with Crippen molar-refractivity contribution in [2.45, 2.75) is 12.5 Å². The molecule has 1 rings (SSSR count). The topological polar surface area (TPSA) is 46.5 Å². The van der Waals surface area contributed by atoms with Crippen LogP contribution in [0.4, 0.5) is 0 Å². The Morgan fingerprint density at radius 2 is 2.36 bits per heavy atom. The molecule has 1 unspecified atom stereocenters. The second-order valence-electron chi connectivity index (χ2n) is 2.77. The van der Waals surface area contributed by atoms with Gasteiger partial charge in [-0.3, -0.25) is 0 Å². The minimum atomic E-state index is -0.906. The van der Waals surface area contributed by atoms with Crippen LogP contribution in [0.1, 0.15) is 18.1 Å². The van der Waals surface area contributed by atoms with Crippen LogP contribution < -0.4 is 4.74 Å². The smallest absolute Gasteiger partial charge is 0.126 e. The lowest BCUT2D eigenvalue weighted by Crippen LogP contribution is -2.02. The number of ether oxygens (including phenoxy) is 1. The lowest BCUT2D eigenvalue weighted by atomic mass is 10.1. The number of hydrogen-bond donors (Lipinski definition) is 1. The van der Waals surface area contributed by atoms with Crippen molar-refractivity contribution in [2.24, 2.45) is 0 Å². The number of benzene rings is 1. The third-order valence-corrected chi connectivity index (χ3v) is 2.22. The van der Waals surface area contributed by atoms with Crippen molar-refractivity contribution in [1.82, 2.24) is 0 Å². The molecule has 0 saturated heterocycles. The summed E-state index contributed by atoms with van der Waals surface area (Å²) < 4.78 is 5.03. The quantitative estimate of drug-likeness (QED) is 0.780. The molecule has 1 aromatic rings. The number of halogens is 1. The fourth-order valence-electron chi connectivity index (χ4n) is 1.23. The number of aliphatic hydroxyl groups excluding tert-OH is 1. The van der Waals surface area contributed by atoms with Gasteiger partial charge < -0.3 is 14.6 Å². The van der Waals surface area contributed by atoms with Crippen molar-refractivity contribution in [1.29, 1.82) is 0 Å². The maximum atomic E-state index is 10.3. The van der Waals surface area contributed by atoms with Gasteiger partial charge in [0.05, 0.1) is 18.2 Å². The Labute approximate surface area is 87.3 Å². The average molecular weight is 215 g/mol. The number of aldehydes is 1. The van der Waals surface area contributed by atoms with Gasteiger partial charge >= 0.3 is 0 Å². The molecule has 0 saturated carbocycles. The number of carbonyl (C=O) groups excluding carboxylic acids is 1. The van der Waals surface area contributed by atoms with Crippen molar-refractivity contribution in [2.75, 3.05) is 7.11 Å². The highest BCUT2D eigenvalue weighted by atomic mass is 35.5. The zero-order chi connectivity index (χ0) is 10.6. The molecule has 0 spiro atoms. The first-order valence-electron chi connectivity index (χ1n) is 4.14. The Hall–Kier alpha value is -1.06. The summed E-state index contributed by atoms with van der Waals surface area (Å²) in [5.74, 6) is 0.492. The van der Waals surface area contributed by atoms with Crippen LogP contribution in [0.15, 0.2) is 18.2 Å². The standard InChI is InChI=1S/C10H11ClO3/c1-14-9-4-2-3-7(11)10(9)8(13)5-6-12/h2-4,6,8,13H,5H2,1H3. The molecule has 0 bridgehead atoms. The monoisotopic (exact) mass is 214 g/mol. The van der Waals surface area contributed by atoms with E-state index in [1.807, 2.05) is 0 Å². The van der Waals surface area contributed by atoms with Crippen LogP contribution in [0, 0.1) is 0 Å². The normalized spacial score (nSPS) is 12.2. The molecule has 1 aromatic carbocycles. The van der Waals surface area contributed by atoms with E-state index >= 15 is 0 Å². The van der Waals surface area contributed by atoms with Gasteiger partial charge in [-0.05, 0) is 12.1 Å². The molecule has 0 radical (unpaired) electrons. The maximum Gasteiger partial charge on any atom is 0.126 e. The van der Waals surface area contributed by atoms with E-state index in [0.717, 1.165) is 0 Å². The molecule has 0 heterocycles. The Bertz CT molecular complexity index is 325. The molecule has 3 nitrogen and oxygen atoms in total. The number of aliphatic hydroxyl groups is 1. The van der Waals surface area contributed by atoms with E-state index in [1.165, 1.54) is 7.11 Å². The van der Waals surface area contributed by atoms with Crippen molar-refractivity contribution in [3.05, 3.63) is 28.8 Å². The van der Waals surface area contributed by atoms with Crippen LogP contribution in [0.25, 0.3) is 0 Å². The fourth-order valence-corrected chi connectivity index (χ4v) is 1.52. The predicted molar refractivity (Wildman–Crippen MR) is 53.6 cm³/mol. The summed E-state index contributed by atoms with van der Waals surface area (Å²) in [6.07, 6.45) is -0.246. The molecule has 0 aliphatic carbocycles. The van der Waals surface area contributed by atoms with Gasteiger partial charge in [0.1, 0.15) is 12.0 Å². The van der Waals surface area contributed by atoms with Gasteiger partial charge in [0.25, 0.3) is 0 Å². The Kier molecular flexibility index (Phi) is 3.92. The summed E-state index contributed by atoms with van der Waals surface area (Å²) in [5.41, 5.74) is 0.462. The second kappa shape index (κ2) is 4.98. The van der Waals surface area contributed by atoms with Crippen LogP contribution in [-0.2, 0) is 4.79 Å². The summed E-state index contributed by atoms with van der Waals surface area (Å²) in [6.45, 7) is 0. The van der Waals surface area contributed by atoms with Crippen LogP contribution in [0.5, 0.6) is 5.75 Å². The molecular weight excluding hydrogens is 204 g/mol. The van der Waals surface area contributed by atoms with Crippen LogP contribution in [-0.4, -0.2) is 18.5 Å². The summed E-state index contributed by atoms with van der Waals surface area (Å²) >= 11 is 5.88. The van der Waals surface area contributed by atoms with Gasteiger partial charge in [0.2, 0.25) is 0 Å². The molecule has 1 N–H and O–H groups in total. The average Bonchev–Trinajstić information content (AvgIpc) is 2.17. The van der Waals surface area contributed by atoms with Crippen molar-refractivity contribution in [3.8, 4) is 5.75 Å². The van der Waals surface area contributed by atoms with Gasteiger partial charge in [-0.15, -0.1) is 0 Å². The Morgan fingerprint density at radius 1 is 1.64 bits per heavy atom. The summed E-state index contributed by atoms with van der Waals surface area (Å²) in [4.78, 5) is 10.3. The zero-order valence-corrected chi connectivity index (χ0v) is 8.49. The SMILES string of the molecule is COc1cccc(Cl)c1C(O)CC=O. The summed E-state index contributed by atoms with van der Waals surface area (Å²) in [7, 11) is 1.49. The van der Waals surface area contributed by atoms with Crippen LogP contribution in [0.3, 0.4) is 0 Å². The molecule has 0 aliphatic heterocycles. The Morgan fingerprint density at radius 3 is 2.93 bits per heavy atom. The first kappa shape index (κ1) is 11.0. The first-order chi connectivity index (χ1) is 6.70. The zero-order valence-electron chi connectivity index (χ0n) is 7.74. The number of rotatable bonds is 4. The second-order valence-corrected chi connectivity index (χ2v) is 3.18. The fraction of sp³-hybridized carbons (Fsp3) is 0.300. The highest BCUT2D eigenvalue weighted by molar-refractivity contribution is 6.31. The minimum Gasteiger partial charge on any atom is -0.496 e. The van der Waals surface area contributed by atoms with Gasteiger partial charge in [-0.2, -0.15) is 0 Å². The van der Waals surface area contributed by atoms with E-state index in [0.29, 0.717) is 22.6 Å². The van der Waals surface area contributed by atoms with E-state index in [-0.39, 0.29) is 6.42 Å². The van der Waals surface area contributed by atoms with E-state index in [9.17, 15) is 9.90 Å². The third-order valence-electron chi connectivity index (χ3n) is 1.89. The summed E-state index contributed by atoms with van der Waals surface area (Å²) in [6, 6.07) is 5.06. The number of hydrogen-bond acceptors (Lipinski definition) is 3. The summed E-state index contributed by atoms with van der Waals surface area (Å²) in [5, 5.41) is 10.0. The molecule has 1 atom stereocenters. The van der Waals surface area contributed by atoms with Gasteiger partial charge in [-0.25, -0.2) is 0 Å². The van der Waals surface area contributed by atoms with Gasteiger partial charge in [0.15, 0.2) is 0 Å². The molecule has 76 valence electrons. The molecule has 0 amide bonds. The largest absolute Gasteiger partial charge is 0.496 e. The molecule has 0 aliphatic rings. The molecule has 0 fully saturated rings. The van der Waals surface area contributed by atoms with E-state index < -0.39 is 6.10 Å². The third kappa shape index (κ3) is 2.25. The minimum absolute atomic E-state index is 0.0140. The molecule has 0 aromatic heterocycles. The molecule has 4 heteroatoms. The van der Waals surface area contributed by atoms with Crippen LogP contribution >= 0.6 is 11.6 Å². The Balaban J connectivity index is 3.09. The van der Waals surface area contributed by atoms with E-state index in [4.69, 9.17) is 16.3 Å². The first-order valence-corrected chi connectivity index (χ1v) is 4.52. The lowest BCUT2D eigenvalue weighted by Gasteiger charge is -2.13. The van der Waals surface area contributed by atoms with Crippen molar-refractivity contribution >= 4 is 17.9 Å². The number of carbonyl (C=O) groups is 1. The van der Waals surface area contributed by atoms with Crippen LogP contribution in [0.2, 0.25) is 5.02 Å². The highest BCUT2D eigenvalue weighted by Gasteiger charge is 2.16. The van der Waals surface area contributed by atoms with E-state index in [2.05, 4.69) is 0 Å². The van der Waals surface area contributed by atoms with Gasteiger partial charge in [0, 0.05) is 12.0 Å². The lowest BCUT2D eigenvalue weighted by molar-refractivity contribution is -0.109.